The molecule has 0 aromatic rings. The molecule has 0 N–H and O–H groups in total. The van der Waals surface area contributed by atoms with Crippen LogP contribution in [0.2, 0.25) is 0 Å². The maximum absolute atomic E-state index is 12.8. The van der Waals surface area contributed by atoms with Gasteiger partial charge < -0.3 is 14.2 Å². The summed E-state index contributed by atoms with van der Waals surface area (Å²) in [7, 11) is 0. The van der Waals surface area contributed by atoms with Crippen LogP contribution in [-0.2, 0) is 28.6 Å². The molecule has 0 aliphatic heterocycles. The van der Waals surface area contributed by atoms with Crippen LogP contribution >= 0.6 is 0 Å². The van der Waals surface area contributed by atoms with Crippen molar-refractivity contribution in [1.29, 1.82) is 0 Å². The molecule has 0 amide bonds. The van der Waals surface area contributed by atoms with Gasteiger partial charge in [-0.15, -0.1) is 0 Å². The molecule has 0 bridgehead atoms. The third kappa shape index (κ3) is 62.5. The van der Waals surface area contributed by atoms with E-state index in [0.29, 0.717) is 19.3 Å². The lowest BCUT2D eigenvalue weighted by atomic mass is 10.0. The van der Waals surface area contributed by atoms with Gasteiger partial charge in [0.05, 0.1) is 0 Å². The summed E-state index contributed by atoms with van der Waals surface area (Å²) in [5, 5.41) is 0. The van der Waals surface area contributed by atoms with Crippen LogP contribution in [0.1, 0.15) is 290 Å². The Morgan fingerprint density at radius 3 is 0.792 bits per heavy atom. The number of hydrogen-bond donors (Lipinski definition) is 0. The van der Waals surface area contributed by atoms with Crippen molar-refractivity contribution >= 4 is 17.9 Å². The second-order valence-corrected chi connectivity index (χ2v) is 21.0. The fourth-order valence-electron chi connectivity index (χ4n) is 8.71. The zero-order valence-electron chi connectivity index (χ0n) is 50.2. The predicted octanol–water partition coefficient (Wildman–Crippen LogP) is 22.0. The fourth-order valence-corrected chi connectivity index (χ4v) is 8.71. The van der Waals surface area contributed by atoms with Gasteiger partial charge in [-0.3, -0.25) is 14.4 Å². The number of carbonyl (C=O) groups is 3. The predicted molar refractivity (Wildman–Crippen MR) is 334 cm³/mol. The summed E-state index contributed by atoms with van der Waals surface area (Å²) < 4.78 is 16.8. The molecule has 77 heavy (non-hydrogen) atoms. The molecule has 0 saturated carbocycles. The number of hydrogen-bond acceptors (Lipinski definition) is 6. The van der Waals surface area contributed by atoms with E-state index in [9.17, 15) is 14.4 Å². The molecule has 0 spiro atoms. The van der Waals surface area contributed by atoms with E-state index in [4.69, 9.17) is 14.2 Å². The van der Waals surface area contributed by atoms with Crippen LogP contribution in [-0.4, -0.2) is 37.2 Å². The lowest BCUT2D eigenvalue weighted by Gasteiger charge is -2.18. The summed E-state index contributed by atoms with van der Waals surface area (Å²) in [6.07, 6.45) is 89.5. The van der Waals surface area contributed by atoms with Crippen molar-refractivity contribution < 1.29 is 28.6 Å². The van der Waals surface area contributed by atoms with Crippen molar-refractivity contribution in [2.75, 3.05) is 13.2 Å². The molecule has 0 aliphatic rings. The summed E-state index contributed by atoms with van der Waals surface area (Å²) >= 11 is 0. The van der Waals surface area contributed by atoms with Crippen LogP contribution in [0.15, 0.2) is 122 Å². The highest BCUT2D eigenvalue weighted by atomic mass is 16.6. The van der Waals surface area contributed by atoms with Crippen molar-refractivity contribution in [2.45, 2.75) is 297 Å². The summed E-state index contributed by atoms with van der Waals surface area (Å²) in [5.74, 6) is -0.912. The van der Waals surface area contributed by atoms with Gasteiger partial charge in [0, 0.05) is 19.3 Å². The number of carbonyl (C=O) groups excluding carboxylic acids is 3. The lowest BCUT2D eigenvalue weighted by molar-refractivity contribution is -0.167. The van der Waals surface area contributed by atoms with Crippen LogP contribution in [0.25, 0.3) is 0 Å². The Morgan fingerprint density at radius 2 is 0.506 bits per heavy atom. The fraction of sp³-hybridized carbons (Fsp3) is 0.676. The van der Waals surface area contributed by atoms with Gasteiger partial charge in [-0.1, -0.05) is 296 Å². The summed E-state index contributed by atoms with van der Waals surface area (Å²) in [6.45, 7) is 6.48. The average Bonchev–Trinajstić information content (AvgIpc) is 3.43. The van der Waals surface area contributed by atoms with E-state index in [0.717, 1.165) is 135 Å². The first-order valence-corrected chi connectivity index (χ1v) is 32.0. The highest BCUT2D eigenvalue weighted by molar-refractivity contribution is 5.71. The first kappa shape index (κ1) is 72.8. The van der Waals surface area contributed by atoms with E-state index in [-0.39, 0.29) is 31.1 Å². The van der Waals surface area contributed by atoms with Gasteiger partial charge in [0.2, 0.25) is 0 Å². The molecule has 0 aromatic heterocycles. The van der Waals surface area contributed by atoms with E-state index >= 15 is 0 Å². The van der Waals surface area contributed by atoms with Crippen LogP contribution in [0.3, 0.4) is 0 Å². The summed E-state index contributed by atoms with van der Waals surface area (Å²) in [5.41, 5.74) is 0. The van der Waals surface area contributed by atoms with Gasteiger partial charge in [-0.05, 0) is 96.3 Å². The molecule has 438 valence electrons. The SMILES string of the molecule is CC/C=C\C/C=C\C/C=C\C/C=C\C/C=C\C/C=C\C/C=C\C/C=C\C/C=C\C/C=C\CCCCCCC(=O)OCC(COC(=O)CCCCCCCCC)OC(=O)CCCCCCCCCCCCCCCCCCC. The molecule has 6 heteroatoms. The number of ether oxygens (including phenoxy) is 3. The number of rotatable bonds is 57. The molecule has 0 aromatic carbocycles. The average molecular weight is 1070 g/mol. The van der Waals surface area contributed by atoms with Crippen molar-refractivity contribution in [2.24, 2.45) is 0 Å². The molecule has 1 atom stereocenters. The quantitative estimate of drug-likeness (QED) is 0.0261. The molecule has 0 radical (unpaired) electrons. The first-order valence-electron chi connectivity index (χ1n) is 32.0. The van der Waals surface area contributed by atoms with Gasteiger partial charge in [0.15, 0.2) is 6.10 Å². The second kappa shape index (κ2) is 64.3. The van der Waals surface area contributed by atoms with Gasteiger partial charge >= 0.3 is 17.9 Å². The van der Waals surface area contributed by atoms with Gasteiger partial charge in [-0.25, -0.2) is 0 Å². The Hall–Kier alpha value is -4.19. The minimum absolute atomic E-state index is 0.0844. The summed E-state index contributed by atoms with van der Waals surface area (Å²) in [4.78, 5) is 38.0. The molecular formula is C71H118O6. The largest absolute Gasteiger partial charge is 0.462 e. The maximum atomic E-state index is 12.8. The minimum Gasteiger partial charge on any atom is -0.462 e. The molecular weight excluding hydrogens is 949 g/mol. The lowest BCUT2D eigenvalue weighted by Crippen LogP contribution is -2.30. The van der Waals surface area contributed by atoms with Crippen molar-refractivity contribution in [3.8, 4) is 0 Å². The molecule has 0 fully saturated rings. The smallest absolute Gasteiger partial charge is 0.306 e. The van der Waals surface area contributed by atoms with Crippen LogP contribution in [0, 0.1) is 0 Å². The maximum Gasteiger partial charge on any atom is 0.306 e. The van der Waals surface area contributed by atoms with E-state index in [2.05, 4.69) is 142 Å². The number of unbranched alkanes of at least 4 members (excludes halogenated alkanes) is 26. The highest BCUT2D eigenvalue weighted by Gasteiger charge is 2.19. The Labute approximate surface area is 475 Å². The molecule has 0 heterocycles. The Balaban J connectivity index is 4.18. The number of esters is 3. The zero-order chi connectivity index (χ0) is 55.7. The number of allylic oxidation sites excluding steroid dienone is 20. The van der Waals surface area contributed by atoms with Gasteiger partial charge in [0.25, 0.3) is 0 Å². The first-order chi connectivity index (χ1) is 38.0. The topological polar surface area (TPSA) is 78.9 Å². The Kier molecular flexibility index (Phi) is 60.8. The molecule has 6 nitrogen and oxygen atoms in total. The third-order valence-corrected chi connectivity index (χ3v) is 13.5. The van der Waals surface area contributed by atoms with Crippen molar-refractivity contribution in [1.82, 2.24) is 0 Å². The molecule has 0 aliphatic carbocycles. The van der Waals surface area contributed by atoms with Crippen LogP contribution < -0.4 is 0 Å². The minimum atomic E-state index is -0.786. The van der Waals surface area contributed by atoms with E-state index in [1.54, 1.807) is 0 Å². The standard InChI is InChI=1S/C71H118O6/c1-4-7-10-13-16-18-20-22-24-26-27-28-29-30-31-32-33-34-35-36-37-38-39-40-41-42-43-45-46-48-50-52-55-58-61-64-70(73)76-67-68(66-75-69(72)63-60-57-54-15-12-9-6-3)77-71(74)65-62-59-56-53-51-49-47-44-25-23-21-19-17-14-11-8-5-2/h7,10,16,18,22,24,27-28,30-31,33-34,36-37,39-40,42-43,46,48,68H,4-6,8-9,11-15,17,19-21,23,25-26,29,32,35,38,41,44-45,47,49-67H2,1-3H3/b10-7-,18-16-,24-22-,28-27-,31-30-,34-33-,37-36-,40-39-,43-42-,48-46-. The van der Waals surface area contributed by atoms with E-state index in [1.807, 2.05) is 0 Å². The Morgan fingerprint density at radius 1 is 0.273 bits per heavy atom. The van der Waals surface area contributed by atoms with Crippen molar-refractivity contribution in [3.05, 3.63) is 122 Å². The van der Waals surface area contributed by atoms with Crippen LogP contribution in [0.5, 0.6) is 0 Å². The molecule has 0 rings (SSSR count). The molecule has 0 saturated heterocycles. The van der Waals surface area contributed by atoms with Crippen LogP contribution in [0.4, 0.5) is 0 Å². The normalized spacial score (nSPS) is 12.9. The zero-order valence-corrected chi connectivity index (χ0v) is 50.2. The second-order valence-electron chi connectivity index (χ2n) is 21.0. The monoisotopic (exact) mass is 1070 g/mol. The Bertz CT molecular complexity index is 1600. The van der Waals surface area contributed by atoms with E-state index in [1.165, 1.54) is 116 Å². The summed E-state index contributed by atoms with van der Waals surface area (Å²) in [6, 6.07) is 0. The highest BCUT2D eigenvalue weighted by Crippen LogP contribution is 2.16. The molecule has 1 unspecified atom stereocenters. The van der Waals surface area contributed by atoms with Crippen molar-refractivity contribution in [3.63, 3.8) is 0 Å². The van der Waals surface area contributed by atoms with Gasteiger partial charge in [0.1, 0.15) is 13.2 Å². The van der Waals surface area contributed by atoms with Gasteiger partial charge in [-0.2, -0.15) is 0 Å². The third-order valence-electron chi connectivity index (χ3n) is 13.5. The van der Waals surface area contributed by atoms with E-state index < -0.39 is 6.10 Å².